The van der Waals surface area contributed by atoms with Gasteiger partial charge in [-0.1, -0.05) is 23.8 Å². The van der Waals surface area contributed by atoms with Crippen molar-refractivity contribution in [3.63, 3.8) is 0 Å². The first-order valence-corrected chi connectivity index (χ1v) is 10.8. The van der Waals surface area contributed by atoms with Crippen molar-refractivity contribution in [3.8, 4) is 5.75 Å². The summed E-state index contributed by atoms with van der Waals surface area (Å²) in [4.78, 5) is 35.1. The quantitative estimate of drug-likeness (QED) is 0.624. The molecule has 2 amide bonds. The number of aryl methyl sites for hydroxylation is 2. The van der Waals surface area contributed by atoms with E-state index in [9.17, 15) is 9.59 Å². The van der Waals surface area contributed by atoms with Gasteiger partial charge in [0.25, 0.3) is 11.8 Å². The summed E-state index contributed by atoms with van der Waals surface area (Å²) in [6, 6.07) is 15.1. The molecule has 0 spiro atoms. The van der Waals surface area contributed by atoms with E-state index in [-0.39, 0.29) is 18.4 Å². The first-order chi connectivity index (χ1) is 15.5. The number of fused-ring (bicyclic) bond motifs is 2. The van der Waals surface area contributed by atoms with Crippen LogP contribution < -0.4 is 9.64 Å². The van der Waals surface area contributed by atoms with Crippen LogP contribution in [0.4, 0.5) is 5.69 Å². The van der Waals surface area contributed by atoms with Crippen molar-refractivity contribution in [3.05, 3.63) is 65.4 Å². The maximum absolute atomic E-state index is 13.9. The van der Waals surface area contributed by atoms with Gasteiger partial charge < -0.3 is 19.3 Å². The Morgan fingerprint density at radius 3 is 2.62 bits per heavy atom. The van der Waals surface area contributed by atoms with Crippen LogP contribution >= 0.6 is 0 Å². The molecule has 0 aliphatic carbocycles. The molecular weight excluding hydrogens is 406 g/mol. The highest BCUT2D eigenvalue weighted by atomic mass is 16.5. The number of para-hydroxylation sites is 2. The third-order valence-corrected chi connectivity index (χ3v) is 5.94. The number of rotatable bonds is 2. The van der Waals surface area contributed by atoms with E-state index in [2.05, 4.69) is 4.98 Å². The van der Waals surface area contributed by atoms with Gasteiger partial charge in [0.1, 0.15) is 5.75 Å². The number of benzene rings is 2. The number of amides is 2. The van der Waals surface area contributed by atoms with Gasteiger partial charge in [-0.25, -0.2) is 0 Å². The Bertz CT molecular complexity index is 1200. The van der Waals surface area contributed by atoms with Gasteiger partial charge in [-0.15, -0.1) is 0 Å². The van der Waals surface area contributed by atoms with Crippen LogP contribution in [0.15, 0.2) is 48.5 Å². The molecule has 164 valence electrons. The third kappa shape index (κ3) is 3.69. The summed E-state index contributed by atoms with van der Waals surface area (Å²) in [5, 5.41) is 0.806. The van der Waals surface area contributed by atoms with Crippen molar-refractivity contribution in [2.24, 2.45) is 0 Å². The number of hydrogen-bond acceptors (Lipinski definition) is 5. The van der Waals surface area contributed by atoms with Gasteiger partial charge in [-0.2, -0.15) is 0 Å². The Morgan fingerprint density at radius 1 is 1.03 bits per heavy atom. The first kappa shape index (κ1) is 20.5. The van der Waals surface area contributed by atoms with E-state index in [0.29, 0.717) is 43.3 Å². The summed E-state index contributed by atoms with van der Waals surface area (Å²) in [5.74, 6) is 0.249. The summed E-state index contributed by atoms with van der Waals surface area (Å²) in [6.45, 7) is 6.12. The van der Waals surface area contributed by atoms with Crippen LogP contribution in [-0.4, -0.2) is 60.7 Å². The standard InChI is InChI=1S/C25H25N3O4/c1-16-7-8-20-18(13-16)19(14-17(2)26-20)24(29)28-15-23(25(30)27-9-11-31-12-10-27)32-22-6-4-3-5-21(22)28/h3-8,13-14,23H,9-12,15H2,1-2H3. The van der Waals surface area contributed by atoms with Crippen LogP contribution in [0.3, 0.4) is 0 Å². The summed E-state index contributed by atoms with van der Waals surface area (Å²) in [6.07, 6.45) is -0.761. The number of ether oxygens (including phenoxy) is 2. The predicted molar refractivity (Wildman–Crippen MR) is 121 cm³/mol. The summed E-state index contributed by atoms with van der Waals surface area (Å²) in [7, 11) is 0. The minimum atomic E-state index is -0.761. The molecule has 5 rings (SSSR count). The van der Waals surface area contributed by atoms with E-state index < -0.39 is 6.10 Å². The zero-order valence-corrected chi connectivity index (χ0v) is 18.2. The van der Waals surface area contributed by atoms with Crippen LogP contribution in [0.5, 0.6) is 5.75 Å². The fourth-order valence-electron chi connectivity index (χ4n) is 4.34. The van der Waals surface area contributed by atoms with E-state index in [0.717, 1.165) is 22.2 Å². The molecule has 7 heteroatoms. The highest BCUT2D eigenvalue weighted by Crippen LogP contribution is 2.35. The number of carbonyl (C=O) groups excluding carboxylic acids is 2. The smallest absolute Gasteiger partial charge is 0.265 e. The SMILES string of the molecule is Cc1ccc2nc(C)cc(C(=O)N3CC(C(=O)N4CCOCC4)Oc4ccccc43)c2c1. The molecule has 1 saturated heterocycles. The molecule has 7 nitrogen and oxygen atoms in total. The lowest BCUT2D eigenvalue weighted by atomic mass is 10.0. The van der Waals surface area contributed by atoms with Crippen LogP contribution in [0.2, 0.25) is 0 Å². The summed E-state index contributed by atoms with van der Waals surface area (Å²) < 4.78 is 11.4. The average molecular weight is 431 g/mol. The van der Waals surface area contributed by atoms with Crippen molar-refractivity contribution in [2.75, 3.05) is 37.7 Å². The predicted octanol–water partition coefficient (Wildman–Crippen LogP) is 3.12. The molecule has 0 radical (unpaired) electrons. The van der Waals surface area contributed by atoms with Gasteiger partial charge in [0.15, 0.2) is 6.10 Å². The van der Waals surface area contributed by atoms with E-state index >= 15 is 0 Å². The molecule has 1 atom stereocenters. The second-order valence-electron chi connectivity index (χ2n) is 8.26. The van der Waals surface area contributed by atoms with Crippen molar-refractivity contribution in [2.45, 2.75) is 20.0 Å². The van der Waals surface area contributed by atoms with Crippen LogP contribution in [0, 0.1) is 13.8 Å². The maximum atomic E-state index is 13.9. The van der Waals surface area contributed by atoms with Gasteiger partial charge in [0.05, 0.1) is 36.5 Å². The topological polar surface area (TPSA) is 72.0 Å². The largest absolute Gasteiger partial charge is 0.476 e. The second kappa shape index (κ2) is 8.24. The summed E-state index contributed by atoms with van der Waals surface area (Å²) >= 11 is 0. The highest BCUT2D eigenvalue weighted by Gasteiger charge is 2.37. The van der Waals surface area contributed by atoms with Gasteiger partial charge >= 0.3 is 0 Å². The average Bonchev–Trinajstić information content (AvgIpc) is 2.82. The van der Waals surface area contributed by atoms with E-state index in [1.165, 1.54) is 0 Å². The number of hydrogen-bond donors (Lipinski definition) is 0. The second-order valence-corrected chi connectivity index (χ2v) is 8.26. The Balaban J connectivity index is 1.54. The zero-order valence-electron chi connectivity index (χ0n) is 18.2. The number of aromatic nitrogens is 1. The number of carbonyl (C=O) groups is 2. The normalized spacial score (nSPS) is 18.2. The Labute approximate surface area is 186 Å². The molecule has 1 unspecified atom stereocenters. The molecule has 2 aliphatic rings. The fraction of sp³-hybridized carbons (Fsp3) is 0.320. The first-order valence-electron chi connectivity index (χ1n) is 10.8. The van der Waals surface area contributed by atoms with Crippen molar-refractivity contribution >= 4 is 28.4 Å². The van der Waals surface area contributed by atoms with Crippen molar-refractivity contribution in [1.29, 1.82) is 0 Å². The molecule has 2 aliphatic heterocycles. The van der Waals surface area contributed by atoms with Gasteiger partial charge in [0, 0.05) is 24.2 Å². The van der Waals surface area contributed by atoms with E-state index in [4.69, 9.17) is 9.47 Å². The molecule has 32 heavy (non-hydrogen) atoms. The minimum absolute atomic E-state index is 0.118. The molecule has 2 aromatic carbocycles. The zero-order chi connectivity index (χ0) is 22.2. The fourth-order valence-corrected chi connectivity index (χ4v) is 4.34. The molecule has 1 aromatic heterocycles. The van der Waals surface area contributed by atoms with Crippen LogP contribution in [0.1, 0.15) is 21.6 Å². The third-order valence-electron chi connectivity index (χ3n) is 5.94. The van der Waals surface area contributed by atoms with Gasteiger partial charge in [0.2, 0.25) is 0 Å². The van der Waals surface area contributed by atoms with Crippen LogP contribution in [-0.2, 0) is 9.53 Å². The maximum Gasteiger partial charge on any atom is 0.265 e. The minimum Gasteiger partial charge on any atom is -0.476 e. The lowest BCUT2D eigenvalue weighted by Gasteiger charge is -2.37. The highest BCUT2D eigenvalue weighted by molar-refractivity contribution is 6.14. The molecule has 0 saturated carbocycles. The van der Waals surface area contributed by atoms with E-state index in [1.807, 2.05) is 56.3 Å². The lowest BCUT2D eigenvalue weighted by molar-refractivity contribution is -0.142. The number of nitrogens with zero attached hydrogens (tertiary/aromatic N) is 3. The molecule has 1 fully saturated rings. The Morgan fingerprint density at radius 2 is 1.81 bits per heavy atom. The number of anilines is 1. The van der Waals surface area contributed by atoms with Crippen molar-refractivity contribution < 1.29 is 19.1 Å². The molecule has 0 N–H and O–H groups in total. The summed E-state index contributed by atoms with van der Waals surface area (Å²) in [5.41, 5.74) is 3.85. The van der Waals surface area contributed by atoms with E-state index in [1.54, 1.807) is 15.9 Å². The number of morpholine rings is 1. The molecule has 3 heterocycles. The van der Waals surface area contributed by atoms with Gasteiger partial charge in [-0.3, -0.25) is 14.6 Å². The van der Waals surface area contributed by atoms with Crippen molar-refractivity contribution in [1.82, 2.24) is 9.88 Å². The molecule has 3 aromatic rings. The lowest BCUT2D eigenvalue weighted by Crippen LogP contribution is -2.54. The molecular formula is C25H25N3O4. The van der Waals surface area contributed by atoms with Crippen LogP contribution in [0.25, 0.3) is 10.9 Å². The Kier molecular flexibility index (Phi) is 5.27. The number of pyridine rings is 1. The monoisotopic (exact) mass is 431 g/mol. The molecule has 0 bridgehead atoms. The van der Waals surface area contributed by atoms with Gasteiger partial charge in [-0.05, 0) is 44.2 Å². The Hall–Kier alpha value is -3.45.